The Labute approximate surface area is 460 Å². The predicted molar refractivity (Wildman–Crippen MR) is 195 cm³/mol. The first-order chi connectivity index (χ1) is 28.1. The summed E-state index contributed by atoms with van der Waals surface area (Å²) >= 11 is 0.504. The number of phenolic OH excluding ortho intramolecular Hbond substituents is 1. The quantitative estimate of drug-likeness (QED) is 0.0118. The maximum Gasteiger partial charge on any atom is 1.00 e. The van der Waals surface area contributed by atoms with E-state index in [0.717, 1.165) is 6.07 Å². The number of phenols is 1. The number of hydrogen-bond donors (Lipinski definition) is 2. The average molecular weight is 1040 g/mol. The van der Waals surface area contributed by atoms with Gasteiger partial charge in [0.1, 0.15) is 38.8 Å². The minimum Gasteiger partial charge on any atom is -0.747 e. The van der Waals surface area contributed by atoms with E-state index in [9.17, 15) is 50.7 Å². The molecule has 0 aliphatic rings. The van der Waals surface area contributed by atoms with Crippen molar-refractivity contribution >= 4 is 106 Å². The van der Waals surface area contributed by atoms with Crippen LogP contribution in [0.5, 0.6) is 11.5 Å². The van der Waals surface area contributed by atoms with Crippen LogP contribution in [0, 0.1) is 0 Å². The van der Waals surface area contributed by atoms with Crippen molar-refractivity contribution in [2.75, 3.05) is 43.0 Å². The number of hydrogen-bond acceptors (Lipinski definition) is 28. The zero-order valence-corrected chi connectivity index (χ0v) is 46.2. The molecule has 25 nitrogen and oxygen atoms in total. The van der Waals surface area contributed by atoms with Gasteiger partial charge in [0.05, 0.1) is 69.9 Å². The van der Waals surface area contributed by atoms with Crippen LogP contribution in [0.2, 0.25) is 0 Å². The number of ether oxygens (including phenoxy) is 1. The number of rotatable bonds is 25. The molecule has 0 aromatic heterocycles. The maximum absolute atomic E-state index is 12.9. The van der Waals surface area contributed by atoms with Crippen molar-refractivity contribution in [3.05, 3.63) is 60.7 Å². The second-order valence-electron chi connectivity index (χ2n) is 10.6. The molecule has 0 saturated carbocycles. The van der Waals surface area contributed by atoms with Crippen molar-refractivity contribution in [1.29, 1.82) is 0 Å². The van der Waals surface area contributed by atoms with Gasteiger partial charge in [-0.3, -0.25) is 23.5 Å². The third-order valence-electron chi connectivity index (χ3n) is 7.10. The first-order valence-corrected chi connectivity index (χ1v) is 22.3. The summed E-state index contributed by atoms with van der Waals surface area (Å²) < 4.78 is 113. The van der Waals surface area contributed by atoms with Crippen molar-refractivity contribution in [2.24, 2.45) is 20.5 Å². The molecule has 0 heterocycles. The smallest absolute Gasteiger partial charge is 0.747 e. The Morgan fingerprint density at radius 2 is 1.22 bits per heavy atom. The molecule has 0 bridgehead atoms. The van der Waals surface area contributed by atoms with E-state index in [1.807, 2.05) is 0 Å². The van der Waals surface area contributed by atoms with Gasteiger partial charge in [0, 0.05) is 10.8 Å². The molecular weight excluding hydrogens is 1010 g/mol. The van der Waals surface area contributed by atoms with E-state index in [-0.39, 0.29) is 221 Å². The normalized spacial score (nSPS) is 11.8. The molecule has 0 saturated heterocycles. The third kappa shape index (κ3) is 20.0. The van der Waals surface area contributed by atoms with Gasteiger partial charge in [-0.25, -0.2) is 25.3 Å². The second-order valence-corrected chi connectivity index (χ2v) is 18.0. The van der Waals surface area contributed by atoms with Crippen molar-refractivity contribution in [2.45, 2.75) is 14.7 Å². The van der Waals surface area contributed by atoms with E-state index in [1.54, 1.807) is 0 Å². The summed E-state index contributed by atoms with van der Waals surface area (Å²) in [7, 11) is -11.5. The van der Waals surface area contributed by atoms with E-state index in [0.29, 0.717) is 0 Å². The van der Waals surface area contributed by atoms with Crippen LogP contribution in [0.1, 0.15) is 0 Å². The van der Waals surface area contributed by atoms with Gasteiger partial charge in [-0.1, -0.05) is 0 Å². The van der Waals surface area contributed by atoms with Crippen LogP contribution in [-0.4, -0.2) is 72.6 Å². The van der Waals surface area contributed by atoms with Crippen LogP contribution in [0.15, 0.2) is 95.8 Å². The number of methoxy groups -OCH3 is 1. The molecule has 0 unspecified atom stereocenters. The molecule has 0 aliphatic heterocycles. The van der Waals surface area contributed by atoms with Gasteiger partial charge in [0.2, 0.25) is 0 Å². The van der Waals surface area contributed by atoms with Gasteiger partial charge in [0.15, 0.2) is 50.1 Å². The summed E-state index contributed by atoms with van der Waals surface area (Å²) in [6.45, 7) is -0.776. The van der Waals surface area contributed by atoms with Gasteiger partial charge in [-0.2, -0.15) is 9.45 Å². The zero-order chi connectivity index (χ0) is 43.1. The molecule has 0 spiro atoms. The first kappa shape index (κ1) is 63.2. The number of benzene rings is 4. The van der Waals surface area contributed by atoms with E-state index < -0.39 is 59.5 Å². The Hall–Kier alpha value is 0.160. The molecule has 4 aromatic rings. The van der Waals surface area contributed by atoms with E-state index in [4.69, 9.17) is 13.1 Å². The number of nitrogens with zero attached hydrogens (tertiary/aromatic N) is 4. The second kappa shape index (κ2) is 31.3. The van der Waals surface area contributed by atoms with Crippen LogP contribution in [0.4, 0.5) is 28.4 Å². The molecule has 322 valence electrons. The van der Waals surface area contributed by atoms with Crippen LogP contribution in [0.3, 0.4) is 0 Å². The largest absolute Gasteiger partial charge is 1.00 e. The molecule has 2 N–H and O–H groups in total. The summed E-state index contributed by atoms with van der Waals surface area (Å²) in [6.07, 6.45) is 0. The van der Waals surface area contributed by atoms with Crippen LogP contribution < -0.4 is 144 Å². The zero-order valence-electron chi connectivity index (χ0n) is 33.3. The molecular formula is C28H25N5Na4O20S6. The molecule has 0 amide bonds. The van der Waals surface area contributed by atoms with Gasteiger partial charge in [0.25, 0.3) is 0 Å². The van der Waals surface area contributed by atoms with E-state index in [2.05, 4.69) is 53.9 Å². The van der Waals surface area contributed by atoms with Gasteiger partial charge in [-0.05, 0) is 60.7 Å². The SMILES string of the molecule is COc1ccc(S(=O)(=O)CCOSOO[O-])cc1N=Nc1c(SOO[O-])cc2c(N=Nc3ccc(S(=O)(=O)CCOSOO[O-])cc3)c(NCS(=O)(=O)[O-])ccc2c1O.[Na+].[Na+].[Na+].[Na+]. The topological polar surface area (TPSA) is 359 Å². The standard InChI is InChI=1S/C28H29N5O20S6.4Na/c1-45-24-9-6-19(58(40,41)13-11-47-56-53-50-37)14-23(24)31-33-27-25(54-51-48-35)15-21-20(28(27)34)7-8-22(29-16-59(42,43)44)26(21)32-30-17-2-4-18(5-3-17)57(38,39)12-10-46-55-52-49-36;;;;/h2-9,14-15,29,34-37H,10-13,16H2,1H3,(H,42,43,44);;;;/q;4*+1/p-4. The predicted octanol–water partition coefficient (Wildman–Crippen LogP) is -9.30. The average Bonchev–Trinajstić information content (AvgIpc) is 3.20. The number of fused-ring (bicyclic) bond motifs is 1. The number of nitrogens with one attached hydrogen (secondary N) is 1. The monoisotopic (exact) mass is 1030 g/mol. The van der Waals surface area contributed by atoms with Crippen LogP contribution >= 0.6 is 36.7 Å². The molecule has 4 rings (SSSR count). The van der Waals surface area contributed by atoms with Gasteiger partial charge in [-0.15, -0.1) is 24.0 Å². The fourth-order valence-corrected chi connectivity index (χ4v) is 8.21. The van der Waals surface area contributed by atoms with Crippen molar-refractivity contribution in [3.8, 4) is 11.5 Å². The summed E-state index contributed by atoms with van der Waals surface area (Å²) in [6, 6.07) is 12.3. The third-order valence-corrected chi connectivity index (χ3v) is 12.3. The minimum absolute atomic E-state index is 0. The molecule has 0 atom stereocenters. The molecule has 0 radical (unpaired) electrons. The van der Waals surface area contributed by atoms with Crippen molar-refractivity contribution < 1.29 is 210 Å². The summed E-state index contributed by atoms with van der Waals surface area (Å²) in [5.74, 6) is -2.76. The van der Waals surface area contributed by atoms with Crippen LogP contribution in [-0.2, 0) is 66.3 Å². The van der Waals surface area contributed by atoms with E-state index in [1.165, 1.54) is 61.7 Å². The van der Waals surface area contributed by atoms with Crippen LogP contribution in [0.25, 0.3) is 10.8 Å². The molecule has 35 heteroatoms. The minimum atomic E-state index is -4.84. The first-order valence-electron chi connectivity index (χ1n) is 15.3. The Balaban J connectivity index is 0.00000961. The number of sulfone groups is 2. The number of azo groups is 2. The number of aromatic hydroxyl groups is 1. The van der Waals surface area contributed by atoms with Gasteiger partial charge < -0.3 is 35.5 Å². The van der Waals surface area contributed by atoms with Gasteiger partial charge >= 0.3 is 118 Å². The Morgan fingerprint density at radius 3 is 1.78 bits per heavy atom. The summed E-state index contributed by atoms with van der Waals surface area (Å²) in [5, 5.41) is 70.5. The van der Waals surface area contributed by atoms with Crippen molar-refractivity contribution in [3.63, 3.8) is 0 Å². The summed E-state index contributed by atoms with van der Waals surface area (Å²) in [4.78, 5) is -0.564. The Kier molecular flexibility index (Phi) is 31.4. The molecule has 0 aliphatic carbocycles. The Bertz CT molecular complexity index is 2460. The molecule has 4 aromatic carbocycles. The Morgan fingerprint density at radius 1 is 0.667 bits per heavy atom. The summed E-state index contributed by atoms with van der Waals surface area (Å²) in [5.41, 5.74) is -0.704. The van der Waals surface area contributed by atoms with E-state index >= 15 is 0 Å². The fourth-order valence-electron chi connectivity index (χ4n) is 4.56. The fraction of sp³-hybridized carbons (Fsp3) is 0.214. The molecule has 0 fully saturated rings. The molecule has 63 heavy (non-hydrogen) atoms. The number of anilines is 1. The van der Waals surface area contributed by atoms with Crippen molar-refractivity contribution in [1.82, 2.24) is 0 Å². The maximum atomic E-state index is 12.9.